The van der Waals surface area contributed by atoms with Crippen LogP contribution in [0.25, 0.3) is 0 Å². The number of hydrogen-bond acceptors (Lipinski definition) is 4. The predicted octanol–water partition coefficient (Wildman–Crippen LogP) is 2.49. The van der Waals surface area contributed by atoms with Crippen LogP contribution in [-0.2, 0) is 0 Å². The fourth-order valence-electron chi connectivity index (χ4n) is 3.69. The first-order valence-electron chi connectivity index (χ1n) is 8.63. The largest absolute Gasteiger partial charge is 0.395 e. The zero-order valence-electron chi connectivity index (χ0n) is 14.4. The smallest absolute Gasteiger partial charge is 0.0558 e. The summed E-state index contributed by atoms with van der Waals surface area (Å²) in [4.78, 5) is 4.72. The van der Waals surface area contributed by atoms with E-state index in [0.717, 1.165) is 13.1 Å². The molecule has 0 saturated carbocycles. The summed E-state index contributed by atoms with van der Waals surface area (Å²) in [5, 5.41) is 19.0. The maximum atomic E-state index is 9.62. The Kier molecular flexibility index (Phi) is 7.88. The molecule has 1 aliphatic heterocycles. The molecule has 5 heteroatoms. The van der Waals surface area contributed by atoms with Crippen LogP contribution in [0.3, 0.4) is 0 Å². The van der Waals surface area contributed by atoms with Crippen molar-refractivity contribution in [3.8, 4) is 0 Å². The summed E-state index contributed by atoms with van der Waals surface area (Å²) in [6.07, 6.45) is 0. The minimum Gasteiger partial charge on any atom is -0.395 e. The highest BCUT2D eigenvalue weighted by molar-refractivity contribution is 5.85. The van der Waals surface area contributed by atoms with Gasteiger partial charge in [-0.15, -0.1) is 12.4 Å². The van der Waals surface area contributed by atoms with Crippen LogP contribution < -0.4 is 0 Å². The third-order valence-corrected chi connectivity index (χ3v) is 4.81. The lowest BCUT2D eigenvalue weighted by Crippen LogP contribution is -2.51. The number of rotatable bonds is 6. The number of halogens is 1. The SMILES string of the molecule is Cl.OCCN1CC(c2ccccc2)N(CCO)C(c2ccccc2)C1. The van der Waals surface area contributed by atoms with Gasteiger partial charge in [0.15, 0.2) is 0 Å². The van der Waals surface area contributed by atoms with Gasteiger partial charge in [-0.1, -0.05) is 60.7 Å². The molecular weight excluding hydrogens is 336 g/mol. The van der Waals surface area contributed by atoms with Gasteiger partial charge in [-0.05, 0) is 11.1 Å². The molecule has 1 fully saturated rings. The summed E-state index contributed by atoms with van der Waals surface area (Å²) in [6, 6.07) is 21.4. The van der Waals surface area contributed by atoms with Crippen LogP contribution in [0, 0.1) is 0 Å². The van der Waals surface area contributed by atoms with Crippen molar-refractivity contribution in [1.29, 1.82) is 0 Å². The molecule has 4 nitrogen and oxygen atoms in total. The molecular formula is C20H27ClN2O2. The monoisotopic (exact) mass is 362 g/mol. The van der Waals surface area contributed by atoms with Crippen LogP contribution in [0.1, 0.15) is 23.2 Å². The molecule has 0 bridgehead atoms. The molecule has 0 spiro atoms. The molecule has 0 radical (unpaired) electrons. The highest BCUT2D eigenvalue weighted by Gasteiger charge is 2.35. The maximum absolute atomic E-state index is 9.62. The van der Waals surface area contributed by atoms with Crippen molar-refractivity contribution in [2.45, 2.75) is 12.1 Å². The quantitative estimate of drug-likeness (QED) is 0.828. The average molecular weight is 363 g/mol. The maximum Gasteiger partial charge on any atom is 0.0558 e. The molecule has 2 unspecified atom stereocenters. The number of piperazine rings is 1. The highest BCUT2D eigenvalue weighted by Crippen LogP contribution is 2.35. The molecule has 2 N–H and O–H groups in total. The lowest BCUT2D eigenvalue weighted by Gasteiger charge is -2.47. The van der Waals surface area contributed by atoms with E-state index in [-0.39, 0.29) is 37.7 Å². The Labute approximate surface area is 156 Å². The summed E-state index contributed by atoms with van der Waals surface area (Å²) >= 11 is 0. The first kappa shape index (κ1) is 19.9. The minimum absolute atomic E-state index is 0. The van der Waals surface area contributed by atoms with Gasteiger partial charge in [0.1, 0.15) is 0 Å². The van der Waals surface area contributed by atoms with E-state index in [1.54, 1.807) is 0 Å². The van der Waals surface area contributed by atoms with Gasteiger partial charge in [-0.3, -0.25) is 9.80 Å². The molecule has 2 atom stereocenters. The van der Waals surface area contributed by atoms with Crippen LogP contribution in [0.5, 0.6) is 0 Å². The first-order valence-corrected chi connectivity index (χ1v) is 8.63. The Balaban J connectivity index is 0.00000225. The van der Waals surface area contributed by atoms with Crippen molar-refractivity contribution in [2.75, 3.05) is 39.4 Å². The number of benzene rings is 2. The van der Waals surface area contributed by atoms with Gasteiger partial charge in [0.05, 0.1) is 13.2 Å². The third-order valence-electron chi connectivity index (χ3n) is 4.81. The summed E-state index contributed by atoms with van der Waals surface area (Å²) in [7, 11) is 0. The zero-order valence-corrected chi connectivity index (χ0v) is 15.2. The van der Waals surface area contributed by atoms with E-state index in [2.05, 4.69) is 58.3 Å². The minimum atomic E-state index is 0. The Morgan fingerprint density at radius 2 is 1.16 bits per heavy atom. The Morgan fingerprint density at radius 3 is 1.56 bits per heavy atom. The second kappa shape index (κ2) is 9.90. The van der Waals surface area contributed by atoms with E-state index in [0.29, 0.717) is 13.1 Å². The lowest BCUT2D eigenvalue weighted by molar-refractivity contribution is 0.00437. The van der Waals surface area contributed by atoms with E-state index in [1.807, 2.05) is 12.1 Å². The molecule has 0 amide bonds. The van der Waals surface area contributed by atoms with Gasteiger partial charge in [0, 0.05) is 38.3 Å². The van der Waals surface area contributed by atoms with E-state index in [1.165, 1.54) is 11.1 Å². The second-order valence-electron chi connectivity index (χ2n) is 6.30. The Hall–Kier alpha value is -1.43. The van der Waals surface area contributed by atoms with Crippen LogP contribution in [0.15, 0.2) is 60.7 Å². The average Bonchev–Trinajstić information content (AvgIpc) is 2.64. The van der Waals surface area contributed by atoms with E-state index >= 15 is 0 Å². The molecule has 25 heavy (non-hydrogen) atoms. The van der Waals surface area contributed by atoms with Gasteiger partial charge >= 0.3 is 0 Å². The van der Waals surface area contributed by atoms with Crippen molar-refractivity contribution >= 4 is 12.4 Å². The van der Waals surface area contributed by atoms with Crippen LogP contribution >= 0.6 is 12.4 Å². The second-order valence-corrected chi connectivity index (χ2v) is 6.30. The molecule has 1 heterocycles. The van der Waals surface area contributed by atoms with Crippen LogP contribution in [-0.4, -0.2) is 59.4 Å². The van der Waals surface area contributed by atoms with Gasteiger partial charge in [-0.2, -0.15) is 0 Å². The molecule has 0 aromatic heterocycles. The molecule has 136 valence electrons. The Bertz CT molecular complexity index is 562. The topological polar surface area (TPSA) is 46.9 Å². The number of hydrogen-bond donors (Lipinski definition) is 2. The fourth-order valence-corrected chi connectivity index (χ4v) is 3.69. The summed E-state index contributed by atoms with van der Waals surface area (Å²) in [5.41, 5.74) is 2.52. The van der Waals surface area contributed by atoms with Crippen molar-refractivity contribution in [3.05, 3.63) is 71.8 Å². The fraction of sp³-hybridized carbons (Fsp3) is 0.400. The number of aliphatic hydroxyl groups excluding tert-OH is 2. The standard InChI is InChI=1S/C20H26N2O2.ClH/c23-13-11-21-15-19(17-7-3-1-4-8-17)22(12-14-24)20(16-21)18-9-5-2-6-10-18;/h1-10,19-20,23-24H,11-16H2;1H. The molecule has 0 aliphatic carbocycles. The normalized spacial score (nSPS) is 21.7. The van der Waals surface area contributed by atoms with Crippen LogP contribution in [0.2, 0.25) is 0 Å². The third kappa shape index (κ3) is 4.81. The highest BCUT2D eigenvalue weighted by atomic mass is 35.5. The number of β-amino-alcohol motifs (C(OH)–C–C–N with tert-alkyl or cyclic N) is 2. The van der Waals surface area contributed by atoms with E-state index in [9.17, 15) is 10.2 Å². The zero-order chi connectivity index (χ0) is 16.8. The van der Waals surface area contributed by atoms with Gasteiger partial charge in [-0.25, -0.2) is 0 Å². The molecule has 1 saturated heterocycles. The number of aliphatic hydroxyl groups is 2. The van der Waals surface area contributed by atoms with Crippen molar-refractivity contribution in [2.24, 2.45) is 0 Å². The van der Waals surface area contributed by atoms with E-state index in [4.69, 9.17) is 0 Å². The van der Waals surface area contributed by atoms with Gasteiger partial charge in [0.25, 0.3) is 0 Å². The van der Waals surface area contributed by atoms with Gasteiger partial charge < -0.3 is 10.2 Å². The van der Waals surface area contributed by atoms with E-state index < -0.39 is 0 Å². The molecule has 2 aromatic rings. The van der Waals surface area contributed by atoms with Crippen LogP contribution in [0.4, 0.5) is 0 Å². The van der Waals surface area contributed by atoms with Crippen molar-refractivity contribution < 1.29 is 10.2 Å². The molecule has 2 aromatic carbocycles. The van der Waals surface area contributed by atoms with Crippen molar-refractivity contribution in [3.63, 3.8) is 0 Å². The molecule has 3 rings (SSSR count). The summed E-state index contributed by atoms with van der Waals surface area (Å²) < 4.78 is 0. The lowest BCUT2D eigenvalue weighted by atomic mass is 9.94. The molecule has 1 aliphatic rings. The first-order chi connectivity index (χ1) is 11.8. The summed E-state index contributed by atoms with van der Waals surface area (Å²) in [6.45, 7) is 3.38. The Morgan fingerprint density at radius 1 is 0.720 bits per heavy atom. The van der Waals surface area contributed by atoms with Crippen molar-refractivity contribution in [1.82, 2.24) is 9.80 Å². The summed E-state index contributed by atoms with van der Waals surface area (Å²) in [5.74, 6) is 0. The number of nitrogens with zero attached hydrogens (tertiary/aromatic N) is 2. The predicted molar refractivity (Wildman–Crippen MR) is 103 cm³/mol. The van der Waals surface area contributed by atoms with Gasteiger partial charge in [0.2, 0.25) is 0 Å².